The second-order valence-corrected chi connectivity index (χ2v) is 4.61. The van der Waals surface area contributed by atoms with Crippen molar-refractivity contribution in [3.8, 4) is 17.2 Å². The van der Waals surface area contributed by atoms with Gasteiger partial charge in [-0.15, -0.1) is 0 Å². The predicted molar refractivity (Wildman–Crippen MR) is 77.1 cm³/mol. The van der Waals surface area contributed by atoms with E-state index >= 15 is 0 Å². The Labute approximate surface area is 119 Å². The Morgan fingerprint density at radius 1 is 1.24 bits per heavy atom. The lowest BCUT2D eigenvalue weighted by Gasteiger charge is -2.11. The van der Waals surface area contributed by atoms with Gasteiger partial charge in [0.1, 0.15) is 17.6 Å². The molecule has 2 heterocycles. The number of aromatic nitrogens is 2. The van der Waals surface area contributed by atoms with Crippen molar-refractivity contribution < 1.29 is 4.39 Å². The molecule has 0 bridgehead atoms. The number of pyridine rings is 2. The lowest BCUT2D eigenvalue weighted by Crippen LogP contribution is -2.21. The van der Waals surface area contributed by atoms with Crippen LogP contribution in [0.5, 0.6) is 0 Å². The van der Waals surface area contributed by atoms with Crippen molar-refractivity contribution in [3.63, 3.8) is 0 Å². The second-order valence-electron chi connectivity index (χ2n) is 4.61. The monoisotopic (exact) mass is 279 g/mol. The van der Waals surface area contributed by atoms with Crippen molar-refractivity contribution in [2.75, 3.05) is 0 Å². The third-order valence-electron chi connectivity index (χ3n) is 3.39. The van der Waals surface area contributed by atoms with Gasteiger partial charge >= 0.3 is 0 Å². The first-order valence-corrected chi connectivity index (χ1v) is 6.27. The molecule has 0 radical (unpaired) electrons. The highest BCUT2D eigenvalue weighted by Crippen LogP contribution is 2.28. The van der Waals surface area contributed by atoms with E-state index in [0.29, 0.717) is 22.0 Å². The fourth-order valence-corrected chi connectivity index (χ4v) is 2.36. The number of rotatable bonds is 1. The molecule has 0 aliphatic rings. The molecule has 0 unspecified atom stereocenters. The number of halogens is 1. The summed E-state index contributed by atoms with van der Waals surface area (Å²) in [5.74, 6) is -0.362. The van der Waals surface area contributed by atoms with Crippen LogP contribution < -0.4 is 5.56 Å². The zero-order valence-corrected chi connectivity index (χ0v) is 11.2. The van der Waals surface area contributed by atoms with Gasteiger partial charge in [0.05, 0.1) is 10.9 Å². The Kier molecular flexibility index (Phi) is 2.99. The van der Waals surface area contributed by atoms with Gasteiger partial charge in [-0.05, 0) is 29.8 Å². The minimum Gasteiger partial charge on any atom is -0.302 e. The van der Waals surface area contributed by atoms with Crippen molar-refractivity contribution in [2.45, 2.75) is 0 Å². The summed E-state index contributed by atoms with van der Waals surface area (Å²) in [5.41, 5.74) is 1.56. The summed E-state index contributed by atoms with van der Waals surface area (Å²) < 4.78 is 14.4. The van der Waals surface area contributed by atoms with E-state index < -0.39 is 0 Å². The molecule has 0 saturated carbocycles. The van der Waals surface area contributed by atoms with Crippen LogP contribution in [0.2, 0.25) is 0 Å². The van der Waals surface area contributed by atoms with Crippen LogP contribution >= 0.6 is 0 Å². The molecule has 0 amide bonds. The molecular weight excluding hydrogens is 269 g/mol. The first kappa shape index (κ1) is 13.0. The Hall–Kier alpha value is -3.00. The number of fused-ring (bicyclic) bond motifs is 1. The maximum Gasteiger partial charge on any atom is 0.260 e. The Morgan fingerprint density at radius 2 is 1.95 bits per heavy atom. The SMILES string of the molecule is Cn1c(C#N)c(-c2ccc(F)cc2)c2ncccc2c1=O. The summed E-state index contributed by atoms with van der Waals surface area (Å²) in [4.78, 5) is 16.5. The van der Waals surface area contributed by atoms with Gasteiger partial charge in [-0.3, -0.25) is 9.78 Å². The number of nitrogens with zero attached hydrogens (tertiary/aromatic N) is 3. The normalized spacial score (nSPS) is 10.5. The summed E-state index contributed by atoms with van der Waals surface area (Å²) >= 11 is 0. The third-order valence-corrected chi connectivity index (χ3v) is 3.39. The van der Waals surface area contributed by atoms with E-state index in [4.69, 9.17) is 0 Å². The number of hydrogen-bond donors (Lipinski definition) is 0. The third kappa shape index (κ3) is 1.98. The molecular formula is C16H10FN3O. The number of benzene rings is 1. The Morgan fingerprint density at radius 3 is 2.62 bits per heavy atom. The van der Waals surface area contributed by atoms with Crippen molar-refractivity contribution in [3.05, 3.63) is 64.5 Å². The van der Waals surface area contributed by atoms with Gasteiger partial charge in [-0.2, -0.15) is 5.26 Å². The van der Waals surface area contributed by atoms with E-state index in [1.54, 1.807) is 37.5 Å². The van der Waals surface area contributed by atoms with E-state index in [-0.39, 0.29) is 17.1 Å². The summed E-state index contributed by atoms with van der Waals surface area (Å²) in [6.45, 7) is 0. The van der Waals surface area contributed by atoms with Gasteiger partial charge in [-0.25, -0.2) is 4.39 Å². The average molecular weight is 279 g/mol. The molecule has 4 nitrogen and oxygen atoms in total. The first-order valence-electron chi connectivity index (χ1n) is 6.27. The molecule has 5 heteroatoms. The topological polar surface area (TPSA) is 58.7 Å². The molecule has 3 aromatic rings. The predicted octanol–water partition coefficient (Wildman–Crippen LogP) is 2.61. The van der Waals surface area contributed by atoms with Crippen LogP contribution in [0, 0.1) is 17.1 Å². The summed E-state index contributed by atoms with van der Waals surface area (Å²) in [6, 6.07) is 11.2. The van der Waals surface area contributed by atoms with Crippen LogP contribution in [0.3, 0.4) is 0 Å². The number of hydrogen-bond acceptors (Lipinski definition) is 3. The fraction of sp³-hybridized carbons (Fsp3) is 0.0625. The van der Waals surface area contributed by atoms with E-state index in [0.717, 1.165) is 0 Å². The minimum atomic E-state index is -0.362. The van der Waals surface area contributed by atoms with Gasteiger partial charge in [0.15, 0.2) is 0 Å². The van der Waals surface area contributed by atoms with Crippen molar-refractivity contribution in [1.82, 2.24) is 9.55 Å². The molecule has 0 atom stereocenters. The van der Waals surface area contributed by atoms with Crippen LogP contribution in [-0.4, -0.2) is 9.55 Å². The molecule has 0 saturated heterocycles. The van der Waals surface area contributed by atoms with Crippen molar-refractivity contribution in [1.29, 1.82) is 5.26 Å². The highest BCUT2D eigenvalue weighted by atomic mass is 19.1. The smallest absolute Gasteiger partial charge is 0.260 e. The van der Waals surface area contributed by atoms with Crippen LogP contribution in [0.4, 0.5) is 4.39 Å². The summed E-state index contributed by atoms with van der Waals surface area (Å²) in [5, 5.41) is 9.82. The zero-order valence-electron chi connectivity index (χ0n) is 11.2. The standard InChI is InChI=1S/C16H10FN3O/c1-20-13(9-18)14(10-4-6-11(17)7-5-10)15-12(16(20)21)3-2-8-19-15/h2-8H,1H3. The quantitative estimate of drug-likeness (QED) is 0.688. The maximum atomic E-state index is 13.1. The van der Waals surface area contributed by atoms with E-state index in [9.17, 15) is 14.4 Å². The first-order chi connectivity index (χ1) is 10.1. The molecule has 0 N–H and O–H groups in total. The van der Waals surface area contributed by atoms with E-state index in [1.165, 1.54) is 16.7 Å². The Bertz CT molecular complexity index is 937. The molecule has 0 aliphatic heterocycles. The molecule has 0 spiro atoms. The highest BCUT2D eigenvalue weighted by Gasteiger charge is 2.16. The van der Waals surface area contributed by atoms with Crippen molar-refractivity contribution in [2.24, 2.45) is 7.05 Å². The summed E-state index contributed by atoms with van der Waals surface area (Å²) in [6.07, 6.45) is 1.57. The van der Waals surface area contributed by atoms with Gasteiger partial charge in [-0.1, -0.05) is 12.1 Å². The number of nitriles is 1. The zero-order chi connectivity index (χ0) is 15.0. The van der Waals surface area contributed by atoms with E-state index in [2.05, 4.69) is 4.98 Å². The van der Waals surface area contributed by atoms with Crippen molar-refractivity contribution >= 4 is 10.9 Å². The second kappa shape index (κ2) is 4.84. The van der Waals surface area contributed by atoms with Crippen LogP contribution in [0.25, 0.3) is 22.0 Å². The van der Waals surface area contributed by atoms with Gasteiger partial charge in [0.25, 0.3) is 5.56 Å². The molecule has 102 valence electrons. The van der Waals surface area contributed by atoms with E-state index in [1.807, 2.05) is 6.07 Å². The van der Waals surface area contributed by atoms with Crippen LogP contribution in [0.1, 0.15) is 5.69 Å². The van der Waals surface area contributed by atoms with Crippen LogP contribution in [0.15, 0.2) is 47.4 Å². The lowest BCUT2D eigenvalue weighted by molar-refractivity contribution is 0.628. The maximum absolute atomic E-state index is 13.1. The molecule has 1 aromatic carbocycles. The minimum absolute atomic E-state index is 0.206. The van der Waals surface area contributed by atoms with Gasteiger partial charge in [0.2, 0.25) is 0 Å². The molecule has 0 fully saturated rings. The summed E-state index contributed by atoms with van der Waals surface area (Å²) in [7, 11) is 1.54. The molecule has 3 rings (SSSR count). The van der Waals surface area contributed by atoms with Crippen LogP contribution in [-0.2, 0) is 7.05 Å². The van der Waals surface area contributed by atoms with Gasteiger partial charge in [0, 0.05) is 18.8 Å². The van der Waals surface area contributed by atoms with Gasteiger partial charge < -0.3 is 4.57 Å². The molecule has 21 heavy (non-hydrogen) atoms. The largest absolute Gasteiger partial charge is 0.302 e. The average Bonchev–Trinajstić information content (AvgIpc) is 2.52. The highest BCUT2D eigenvalue weighted by molar-refractivity contribution is 5.95. The fourth-order valence-electron chi connectivity index (χ4n) is 2.36. The Balaban J connectivity index is 2.51. The molecule has 0 aliphatic carbocycles. The lowest BCUT2D eigenvalue weighted by atomic mass is 10.0. The molecule has 2 aromatic heterocycles.